The summed E-state index contributed by atoms with van der Waals surface area (Å²) in [7, 11) is 0. The molecule has 2 aliphatic rings. The Morgan fingerprint density at radius 2 is 1.86 bits per heavy atom. The molecular weight excluding hydrogens is 372 g/mol. The maximum absolute atomic E-state index is 13.4. The molecule has 0 aromatic heterocycles. The number of hydrogen-bond acceptors (Lipinski definition) is 3. The molecule has 0 saturated carbocycles. The summed E-state index contributed by atoms with van der Waals surface area (Å²) in [6, 6.07) is 17.0. The number of rotatable bonds is 4. The number of carbonyl (C=O) groups is 1. The van der Waals surface area contributed by atoms with Gasteiger partial charge in [-0.1, -0.05) is 48.5 Å². The van der Waals surface area contributed by atoms with Gasteiger partial charge in [-0.2, -0.15) is 0 Å². The van der Waals surface area contributed by atoms with E-state index in [2.05, 4.69) is 54.0 Å². The number of halogens is 1. The summed E-state index contributed by atoms with van der Waals surface area (Å²) in [6.45, 7) is 4.93. The maximum atomic E-state index is 13.4. The first kappa shape index (κ1) is 20.8. The summed E-state index contributed by atoms with van der Waals surface area (Å²) in [5, 5.41) is 6.83. The zero-order valence-electron chi connectivity index (χ0n) is 16.4. The van der Waals surface area contributed by atoms with Gasteiger partial charge in [0.2, 0.25) is 5.91 Å². The lowest BCUT2D eigenvalue weighted by Gasteiger charge is -2.38. The monoisotopic (exact) mass is 400 g/mol. The summed E-state index contributed by atoms with van der Waals surface area (Å²) < 4.78 is 5.58. The van der Waals surface area contributed by atoms with Crippen molar-refractivity contribution in [1.29, 1.82) is 0 Å². The Bertz CT molecular complexity index is 818. The number of nitrogens with one attached hydrogen (secondary N) is 2. The first-order valence-corrected chi connectivity index (χ1v) is 9.94. The third-order valence-electron chi connectivity index (χ3n) is 6.12. The van der Waals surface area contributed by atoms with Crippen LogP contribution in [0.4, 0.5) is 0 Å². The number of benzene rings is 2. The minimum Gasteiger partial charge on any atom is -0.381 e. The van der Waals surface area contributed by atoms with Gasteiger partial charge >= 0.3 is 0 Å². The predicted molar refractivity (Wildman–Crippen MR) is 114 cm³/mol. The molecule has 28 heavy (non-hydrogen) atoms. The Hall–Kier alpha value is -1.88. The number of carbonyl (C=O) groups excluding carboxylic acids is 1. The molecule has 1 amide bonds. The molecule has 0 radical (unpaired) electrons. The molecule has 2 aromatic rings. The third kappa shape index (κ3) is 3.95. The zero-order chi connectivity index (χ0) is 18.7. The molecule has 4 rings (SSSR count). The van der Waals surface area contributed by atoms with Gasteiger partial charge in [-0.3, -0.25) is 4.79 Å². The summed E-state index contributed by atoms with van der Waals surface area (Å²) in [5.41, 5.74) is 4.52. The topological polar surface area (TPSA) is 50.4 Å². The van der Waals surface area contributed by atoms with Crippen LogP contribution in [0.3, 0.4) is 0 Å². The SMILES string of the molecule is Cc1ccccc1C1(C(=O)NCC2NCCc3ccccc32)CCOCC1.Cl. The van der Waals surface area contributed by atoms with E-state index in [1.54, 1.807) is 0 Å². The maximum Gasteiger partial charge on any atom is 0.230 e. The van der Waals surface area contributed by atoms with Crippen LogP contribution in [0, 0.1) is 6.92 Å². The van der Waals surface area contributed by atoms with Gasteiger partial charge in [0.1, 0.15) is 0 Å². The molecule has 2 aliphatic heterocycles. The minimum absolute atomic E-state index is 0. The number of ether oxygens (including phenoxy) is 1. The highest BCUT2D eigenvalue weighted by atomic mass is 35.5. The second-order valence-electron chi connectivity index (χ2n) is 7.67. The molecule has 1 unspecified atom stereocenters. The Balaban J connectivity index is 0.00000225. The van der Waals surface area contributed by atoms with Crippen molar-refractivity contribution in [2.75, 3.05) is 26.3 Å². The first-order chi connectivity index (χ1) is 13.2. The number of fused-ring (bicyclic) bond motifs is 1. The second kappa shape index (κ2) is 9.08. The van der Waals surface area contributed by atoms with Gasteiger partial charge in [-0.15, -0.1) is 12.4 Å². The lowest BCUT2D eigenvalue weighted by Crippen LogP contribution is -2.50. The van der Waals surface area contributed by atoms with E-state index in [1.165, 1.54) is 16.7 Å². The fourth-order valence-electron chi connectivity index (χ4n) is 4.59. The van der Waals surface area contributed by atoms with Crippen molar-refractivity contribution in [1.82, 2.24) is 10.6 Å². The number of aryl methyl sites for hydroxylation is 1. The van der Waals surface area contributed by atoms with E-state index in [0.29, 0.717) is 19.8 Å². The quantitative estimate of drug-likeness (QED) is 0.826. The molecule has 2 heterocycles. The van der Waals surface area contributed by atoms with E-state index in [-0.39, 0.29) is 24.4 Å². The molecule has 0 aliphatic carbocycles. The summed E-state index contributed by atoms with van der Waals surface area (Å²) >= 11 is 0. The Labute approximate surface area is 173 Å². The molecule has 1 saturated heterocycles. The molecule has 1 fully saturated rings. The molecule has 1 atom stereocenters. The molecule has 2 aromatic carbocycles. The molecule has 2 N–H and O–H groups in total. The standard InChI is InChI=1S/C23H28N2O2.ClH/c1-17-6-2-5-9-20(17)23(11-14-27-15-12-23)22(26)25-16-21-19-8-4-3-7-18(19)10-13-24-21;/h2-9,21,24H,10-16H2,1H3,(H,25,26);1H. The highest BCUT2D eigenvalue weighted by Gasteiger charge is 2.42. The van der Waals surface area contributed by atoms with Crippen molar-refractivity contribution in [3.05, 3.63) is 70.8 Å². The Kier molecular flexibility index (Phi) is 6.76. The van der Waals surface area contributed by atoms with Crippen molar-refractivity contribution < 1.29 is 9.53 Å². The van der Waals surface area contributed by atoms with E-state index in [0.717, 1.165) is 31.4 Å². The summed E-state index contributed by atoms with van der Waals surface area (Å²) in [5.74, 6) is 0.130. The van der Waals surface area contributed by atoms with Gasteiger partial charge < -0.3 is 15.4 Å². The van der Waals surface area contributed by atoms with Crippen molar-refractivity contribution in [2.45, 2.75) is 37.6 Å². The van der Waals surface area contributed by atoms with Gasteiger partial charge in [-0.05, 0) is 55.0 Å². The van der Waals surface area contributed by atoms with Gasteiger partial charge in [0.05, 0.1) is 5.41 Å². The Morgan fingerprint density at radius 3 is 2.64 bits per heavy atom. The molecule has 0 spiro atoms. The minimum atomic E-state index is -0.488. The fourth-order valence-corrected chi connectivity index (χ4v) is 4.59. The normalized spacial score (nSPS) is 20.5. The number of amides is 1. The highest BCUT2D eigenvalue weighted by molar-refractivity contribution is 5.89. The van der Waals surface area contributed by atoms with Crippen LogP contribution in [0.5, 0.6) is 0 Å². The summed E-state index contributed by atoms with van der Waals surface area (Å²) in [6.07, 6.45) is 2.52. The van der Waals surface area contributed by atoms with E-state index in [9.17, 15) is 4.79 Å². The third-order valence-corrected chi connectivity index (χ3v) is 6.12. The summed E-state index contributed by atoms with van der Waals surface area (Å²) in [4.78, 5) is 13.4. The van der Waals surface area contributed by atoms with Crippen LogP contribution in [-0.2, 0) is 21.4 Å². The van der Waals surface area contributed by atoms with E-state index >= 15 is 0 Å². The molecule has 150 valence electrons. The molecule has 5 heteroatoms. The molecular formula is C23H29ClN2O2. The lowest BCUT2D eigenvalue weighted by atomic mass is 9.71. The van der Waals surface area contributed by atoms with Crippen LogP contribution >= 0.6 is 12.4 Å². The number of hydrogen-bond donors (Lipinski definition) is 2. The fraction of sp³-hybridized carbons (Fsp3) is 0.435. The molecule has 0 bridgehead atoms. The van der Waals surface area contributed by atoms with Gasteiger partial charge in [-0.25, -0.2) is 0 Å². The van der Waals surface area contributed by atoms with Crippen molar-refractivity contribution in [3.8, 4) is 0 Å². The van der Waals surface area contributed by atoms with Gasteiger partial charge in [0.25, 0.3) is 0 Å². The van der Waals surface area contributed by atoms with E-state index < -0.39 is 5.41 Å². The smallest absolute Gasteiger partial charge is 0.230 e. The Morgan fingerprint density at radius 1 is 1.14 bits per heavy atom. The highest BCUT2D eigenvalue weighted by Crippen LogP contribution is 2.37. The van der Waals surface area contributed by atoms with Crippen molar-refractivity contribution in [3.63, 3.8) is 0 Å². The lowest BCUT2D eigenvalue weighted by molar-refractivity contribution is -0.130. The van der Waals surface area contributed by atoms with Crippen LogP contribution in [-0.4, -0.2) is 32.2 Å². The molecule has 4 nitrogen and oxygen atoms in total. The van der Waals surface area contributed by atoms with Crippen LogP contribution in [0.2, 0.25) is 0 Å². The largest absolute Gasteiger partial charge is 0.381 e. The average Bonchev–Trinajstić information content (AvgIpc) is 2.72. The van der Waals surface area contributed by atoms with Crippen LogP contribution in [0.1, 0.15) is 41.1 Å². The average molecular weight is 401 g/mol. The van der Waals surface area contributed by atoms with Crippen molar-refractivity contribution in [2.24, 2.45) is 0 Å². The van der Waals surface area contributed by atoms with Crippen LogP contribution in [0.25, 0.3) is 0 Å². The predicted octanol–water partition coefficient (Wildman–Crippen LogP) is 3.47. The van der Waals surface area contributed by atoms with Crippen LogP contribution < -0.4 is 10.6 Å². The van der Waals surface area contributed by atoms with E-state index in [1.807, 2.05) is 12.1 Å². The van der Waals surface area contributed by atoms with Crippen molar-refractivity contribution >= 4 is 18.3 Å². The zero-order valence-corrected chi connectivity index (χ0v) is 17.2. The second-order valence-corrected chi connectivity index (χ2v) is 7.67. The van der Waals surface area contributed by atoms with Crippen LogP contribution in [0.15, 0.2) is 48.5 Å². The van der Waals surface area contributed by atoms with Gasteiger partial charge in [0.15, 0.2) is 0 Å². The first-order valence-electron chi connectivity index (χ1n) is 9.94. The van der Waals surface area contributed by atoms with E-state index in [4.69, 9.17) is 4.74 Å². The van der Waals surface area contributed by atoms with Gasteiger partial charge in [0, 0.05) is 25.8 Å².